The van der Waals surface area contributed by atoms with Gasteiger partial charge in [-0.05, 0) is 44.2 Å². The first-order valence-electron chi connectivity index (χ1n) is 9.84. The summed E-state index contributed by atoms with van der Waals surface area (Å²) in [7, 11) is 0. The molecule has 0 amide bonds. The lowest BCUT2D eigenvalue weighted by atomic mass is 10.1. The van der Waals surface area contributed by atoms with Crippen LogP contribution in [-0.2, 0) is 11.3 Å². The summed E-state index contributed by atoms with van der Waals surface area (Å²) in [5, 5.41) is 9.33. The Kier molecular flexibility index (Phi) is 5.34. The number of piperidine rings is 1. The van der Waals surface area contributed by atoms with Gasteiger partial charge in [0.15, 0.2) is 0 Å². The average molecular weight is 366 g/mol. The topological polar surface area (TPSA) is 69.6 Å². The molecule has 2 aliphatic heterocycles. The molecule has 2 fully saturated rings. The second kappa shape index (κ2) is 8.05. The van der Waals surface area contributed by atoms with Gasteiger partial charge < -0.3 is 10.0 Å². The minimum absolute atomic E-state index is 0.348. The van der Waals surface area contributed by atoms with Crippen LogP contribution in [0.2, 0.25) is 0 Å². The van der Waals surface area contributed by atoms with Crippen LogP contribution in [0, 0.1) is 0 Å². The molecule has 1 aromatic carbocycles. The summed E-state index contributed by atoms with van der Waals surface area (Å²) in [4.78, 5) is 24.6. The monoisotopic (exact) mass is 366 g/mol. The third kappa shape index (κ3) is 4.11. The summed E-state index contributed by atoms with van der Waals surface area (Å²) in [6.07, 6.45) is 7.09. The van der Waals surface area contributed by atoms with Crippen LogP contribution < -0.4 is 4.90 Å². The van der Waals surface area contributed by atoms with E-state index >= 15 is 0 Å². The molecular formula is C21H26N4O2. The first-order chi connectivity index (χ1) is 13.2. The van der Waals surface area contributed by atoms with Gasteiger partial charge in [-0.15, -0.1) is 0 Å². The number of aliphatic carboxylic acids is 1. The third-order valence-electron chi connectivity index (χ3n) is 5.62. The van der Waals surface area contributed by atoms with Crippen LogP contribution in [0.1, 0.15) is 37.7 Å². The first-order valence-corrected chi connectivity index (χ1v) is 9.84. The van der Waals surface area contributed by atoms with E-state index < -0.39 is 5.97 Å². The lowest BCUT2D eigenvalue weighted by Crippen LogP contribution is -2.35. The third-order valence-corrected chi connectivity index (χ3v) is 5.62. The Labute approximate surface area is 159 Å². The van der Waals surface area contributed by atoms with E-state index in [1.54, 1.807) is 6.33 Å². The Morgan fingerprint density at radius 1 is 1.04 bits per heavy atom. The SMILES string of the molecule is O=C(O)[C@@H]1CCCN1Cc1ccc(-c2cc(N3CCCCC3)ncn2)cc1. The number of hydrogen-bond acceptors (Lipinski definition) is 5. The molecule has 0 unspecified atom stereocenters. The van der Waals surface area contributed by atoms with E-state index in [1.165, 1.54) is 19.3 Å². The van der Waals surface area contributed by atoms with E-state index in [-0.39, 0.29) is 6.04 Å². The zero-order valence-corrected chi connectivity index (χ0v) is 15.5. The number of carbonyl (C=O) groups is 1. The Bertz CT molecular complexity index is 787. The molecule has 0 bridgehead atoms. The van der Waals surface area contributed by atoms with Gasteiger partial charge in [-0.1, -0.05) is 24.3 Å². The van der Waals surface area contributed by atoms with Gasteiger partial charge in [-0.2, -0.15) is 0 Å². The highest BCUT2D eigenvalue weighted by Gasteiger charge is 2.30. The van der Waals surface area contributed by atoms with E-state index in [1.807, 2.05) is 0 Å². The molecule has 0 radical (unpaired) electrons. The van der Waals surface area contributed by atoms with Gasteiger partial charge in [0.1, 0.15) is 18.2 Å². The van der Waals surface area contributed by atoms with Crippen molar-refractivity contribution in [3.05, 3.63) is 42.2 Å². The molecule has 2 aliphatic rings. The van der Waals surface area contributed by atoms with E-state index in [0.717, 1.165) is 55.1 Å². The van der Waals surface area contributed by atoms with Gasteiger partial charge in [-0.25, -0.2) is 9.97 Å². The molecule has 1 aromatic heterocycles. The summed E-state index contributed by atoms with van der Waals surface area (Å²) in [5.74, 6) is 0.292. The summed E-state index contributed by atoms with van der Waals surface area (Å²) in [6.45, 7) is 3.66. The van der Waals surface area contributed by atoms with Crippen LogP contribution in [0.5, 0.6) is 0 Å². The minimum atomic E-state index is -0.713. The second-order valence-corrected chi connectivity index (χ2v) is 7.47. The van der Waals surface area contributed by atoms with E-state index in [2.05, 4.69) is 50.1 Å². The van der Waals surface area contributed by atoms with Crippen molar-refractivity contribution < 1.29 is 9.90 Å². The lowest BCUT2D eigenvalue weighted by Gasteiger charge is -2.27. The summed E-state index contributed by atoms with van der Waals surface area (Å²) in [6, 6.07) is 10.0. The fourth-order valence-corrected chi connectivity index (χ4v) is 4.11. The average Bonchev–Trinajstić information content (AvgIpc) is 3.18. The van der Waals surface area contributed by atoms with Crippen LogP contribution in [-0.4, -0.2) is 51.6 Å². The molecule has 2 saturated heterocycles. The van der Waals surface area contributed by atoms with Crippen molar-refractivity contribution in [2.24, 2.45) is 0 Å². The number of anilines is 1. The molecule has 0 spiro atoms. The second-order valence-electron chi connectivity index (χ2n) is 7.47. The molecule has 4 rings (SSSR count). The molecular weight excluding hydrogens is 340 g/mol. The van der Waals surface area contributed by atoms with Crippen LogP contribution in [0.25, 0.3) is 11.3 Å². The van der Waals surface area contributed by atoms with Crippen molar-refractivity contribution in [3.63, 3.8) is 0 Å². The van der Waals surface area contributed by atoms with Gasteiger partial charge in [0.05, 0.1) is 5.69 Å². The van der Waals surface area contributed by atoms with Crippen LogP contribution in [0.3, 0.4) is 0 Å². The summed E-state index contributed by atoms with van der Waals surface area (Å²) < 4.78 is 0. The maximum absolute atomic E-state index is 11.3. The minimum Gasteiger partial charge on any atom is -0.480 e. The Hall–Kier alpha value is -2.47. The van der Waals surface area contributed by atoms with Crippen LogP contribution in [0.15, 0.2) is 36.7 Å². The number of rotatable bonds is 5. The van der Waals surface area contributed by atoms with Crippen molar-refractivity contribution in [2.45, 2.75) is 44.7 Å². The molecule has 6 nitrogen and oxygen atoms in total. The van der Waals surface area contributed by atoms with E-state index in [0.29, 0.717) is 6.54 Å². The quantitative estimate of drug-likeness (QED) is 0.876. The lowest BCUT2D eigenvalue weighted by molar-refractivity contribution is -0.142. The van der Waals surface area contributed by atoms with Crippen LogP contribution in [0.4, 0.5) is 5.82 Å². The number of nitrogens with zero attached hydrogens (tertiary/aromatic N) is 4. The molecule has 6 heteroatoms. The fourth-order valence-electron chi connectivity index (χ4n) is 4.11. The van der Waals surface area contributed by atoms with Crippen LogP contribution >= 0.6 is 0 Å². The number of carboxylic acids is 1. The molecule has 1 atom stereocenters. The van der Waals surface area contributed by atoms with Gasteiger partial charge >= 0.3 is 5.97 Å². The van der Waals surface area contributed by atoms with Gasteiger partial charge in [0, 0.05) is 31.3 Å². The Morgan fingerprint density at radius 3 is 2.56 bits per heavy atom. The highest BCUT2D eigenvalue weighted by Crippen LogP contribution is 2.25. The fraction of sp³-hybridized carbons (Fsp3) is 0.476. The molecule has 142 valence electrons. The molecule has 27 heavy (non-hydrogen) atoms. The van der Waals surface area contributed by atoms with Gasteiger partial charge in [0.25, 0.3) is 0 Å². The number of likely N-dealkylation sites (tertiary alicyclic amines) is 1. The maximum Gasteiger partial charge on any atom is 0.320 e. The zero-order chi connectivity index (χ0) is 18.6. The molecule has 0 aliphatic carbocycles. The summed E-state index contributed by atoms with van der Waals surface area (Å²) >= 11 is 0. The largest absolute Gasteiger partial charge is 0.480 e. The van der Waals surface area contributed by atoms with E-state index in [9.17, 15) is 9.90 Å². The van der Waals surface area contributed by atoms with Crippen molar-refractivity contribution in [2.75, 3.05) is 24.5 Å². The zero-order valence-electron chi connectivity index (χ0n) is 15.5. The molecule has 0 saturated carbocycles. The maximum atomic E-state index is 11.3. The smallest absolute Gasteiger partial charge is 0.320 e. The summed E-state index contributed by atoms with van der Waals surface area (Å²) in [5.41, 5.74) is 3.13. The highest BCUT2D eigenvalue weighted by atomic mass is 16.4. The van der Waals surface area contributed by atoms with Crippen molar-refractivity contribution >= 4 is 11.8 Å². The molecule has 2 aromatic rings. The predicted molar refractivity (Wildman–Crippen MR) is 105 cm³/mol. The van der Waals surface area contributed by atoms with Gasteiger partial charge in [0.2, 0.25) is 0 Å². The highest BCUT2D eigenvalue weighted by molar-refractivity contribution is 5.73. The normalized spacial score (nSPS) is 20.7. The number of benzene rings is 1. The molecule has 1 N–H and O–H groups in total. The van der Waals surface area contributed by atoms with Crippen molar-refractivity contribution in [3.8, 4) is 11.3 Å². The predicted octanol–water partition coefficient (Wildman–Crippen LogP) is 3.18. The number of carboxylic acid groups (broad SMARTS) is 1. The Morgan fingerprint density at radius 2 is 1.81 bits per heavy atom. The number of aromatic nitrogens is 2. The van der Waals surface area contributed by atoms with E-state index in [4.69, 9.17) is 0 Å². The Balaban J connectivity index is 1.47. The van der Waals surface area contributed by atoms with Crippen molar-refractivity contribution in [1.82, 2.24) is 14.9 Å². The first kappa shape index (κ1) is 17.9. The van der Waals surface area contributed by atoms with Crippen molar-refractivity contribution in [1.29, 1.82) is 0 Å². The molecule has 3 heterocycles. The van der Waals surface area contributed by atoms with Gasteiger partial charge in [-0.3, -0.25) is 9.69 Å². The standard InChI is InChI=1S/C21H26N4O2/c26-21(27)19-5-4-12-25(19)14-16-6-8-17(9-7-16)18-13-20(23-15-22-18)24-10-2-1-3-11-24/h6-9,13,15,19H,1-5,10-12,14H2,(H,26,27)/t19-/m0/s1. The number of hydrogen-bond donors (Lipinski definition) is 1.